The Balaban J connectivity index is 1.31. The molecule has 0 bridgehead atoms. The van der Waals surface area contributed by atoms with Gasteiger partial charge in [-0.15, -0.1) is 0 Å². The molecule has 0 aliphatic heterocycles. The molecular formula is C36H36N4O2. The Hall–Kier alpha value is -4.71. The summed E-state index contributed by atoms with van der Waals surface area (Å²) < 4.78 is 10.1. The van der Waals surface area contributed by atoms with Crippen LogP contribution in [-0.4, -0.2) is 30.7 Å². The highest BCUT2D eigenvalue weighted by molar-refractivity contribution is 5.97. The fourth-order valence-electron chi connectivity index (χ4n) is 5.53. The standard InChI is InChI=1S/C36H36N4O2/c1-6-11-33-37-30-22-26(34-38-29-14-9-10-15-31(29)39(34)5)20-21-32(30)40(33)23-24-16-18-25(19-17-24)27-12-7-8-13-28(27)35(41)42-36(2,3)4/h7-10,12-22H,6,11,23H2,1-5H3. The average molecular weight is 557 g/mol. The van der Waals surface area contributed by atoms with Crippen molar-refractivity contribution in [3.05, 3.63) is 108 Å². The first kappa shape index (κ1) is 27.5. The molecule has 4 aromatic carbocycles. The fraction of sp³-hybridized carbons (Fsp3) is 0.250. The van der Waals surface area contributed by atoms with Crippen LogP contribution < -0.4 is 0 Å². The smallest absolute Gasteiger partial charge is 0.339 e. The Morgan fingerprint density at radius 1 is 0.810 bits per heavy atom. The first-order valence-corrected chi connectivity index (χ1v) is 14.5. The van der Waals surface area contributed by atoms with E-state index in [-0.39, 0.29) is 5.97 Å². The molecule has 2 heterocycles. The Morgan fingerprint density at radius 3 is 2.26 bits per heavy atom. The zero-order chi connectivity index (χ0) is 29.4. The molecule has 0 spiro atoms. The first-order chi connectivity index (χ1) is 20.2. The van der Waals surface area contributed by atoms with E-state index in [1.165, 1.54) is 5.56 Å². The SMILES string of the molecule is CCCc1nc2cc(-c3nc4ccccc4n3C)ccc2n1Cc1ccc(-c2ccccc2C(=O)OC(C)(C)C)cc1. The van der Waals surface area contributed by atoms with Crippen molar-refractivity contribution in [2.45, 2.75) is 52.7 Å². The average Bonchev–Trinajstić information content (AvgIpc) is 3.49. The van der Waals surface area contributed by atoms with Crippen molar-refractivity contribution in [1.29, 1.82) is 0 Å². The van der Waals surface area contributed by atoms with E-state index in [1.807, 2.05) is 63.2 Å². The molecule has 6 heteroatoms. The molecule has 0 fully saturated rings. The van der Waals surface area contributed by atoms with Crippen molar-refractivity contribution in [3.63, 3.8) is 0 Å². The molecule has 0 saturated heterocycles. The summed E-state index contributed by atoms with van der Waals surface area (Å²) in [4.78, 5) is 22.9. The van der Waals surface area contributed by atoms with Gasteiger partial charge in [0.15, 0.2) is 0 Å². The Labute approximate surface area is 246 Å². The lowest BCUT2D eigenvalue weighted by molar-refractivity contribution is 0.00704. The van der Waals surface area contributed by atoms with Gasteiger partial charge in [0.2, 0.25) is 0 Å². The predicted molar refractivity (Wildman–Crippen MR) is 170 cm³/mol. The van der Waals surface area contributed by atoms with Gasteiger partial charge < -0.3 is 13.9 Å². The van der Waals surface area contributed by atoms with Gasteiger partial charge in [-0.05, 0) is 80.3 Å². The summed E-state index contributed by atoms with van der Waals surface area (Å²) in [5, 5.41) is 0. The third-order valence-electron chi connectivity index (χ3n) is 7.50. The van der Waals surface area contributed by atoms with Gasteiger partial charge >= 0.3 is 5.97 Å². The molecule has 0 aliphatic carbocycles. The van der Waals surface area contributed by atoms with Crippen LogP contribution in [0.1, 0.15) is 55.9 Å². The number of para-hydroxylation sites is 2. The Kier molecular flexibility index (Phi) is 7.15. The maximum absolute atomic E-state index is 12.9. The van der Waals surface area contributed by atoms with Gasteiger partial charge in [0, 0.05) is 25.6 Å². The second-order valence-electron chi connectivity index (χ2n) is 11.8. The van der Waals surface area contributed by atoms with E-state index >= 15 is 0 Å². The molecule has 0 aliphatic rings. The summed E-state index contributed by atoms with van der Waals surface area (Å²) >= 11 is 0. The van der Waals surface area contributed by atoms with Crippen LogP contribution in [0.15, 0.2) is 91.0 Å². The van der Waals surface area contributed by atoms with Crippen LogP contribution >= 0.6 is 0 Å². The number of rotatable bonds is 7. The van der Waals surface area contributed by atoms with Crippen molar-refractivity contribution in [3.8, 4) is 22.5 Å². The van der Waals surface area contributed by atoms with Gasteiger partial charge in [0.25, 0.3) is 0 Å². The number of hydrogen-bond acceptors (Lipinski definition) is 4. The minimum absolute atomic E-state index is 0.311. The number of hydrogen-bond donors (Lipinski definition) is 0. The number of imidazole rings is 2. The minimum atomic E-state index is -0.552. The van der Waals surface area contributed by atoms with Crippen molar-refractivity contribution in [2.24, 2.45) is 7.05 Å². The van der Waals surface area contributed by atoms with E-state index in [9.17, 15) is 4.79 Å². The summed E-state index contributed by atoms with van der Waals surface area (Å²) in [6.45, 7) is 8.55. The van der Waals surface area contributed by atoms with Crippen molar-refractivity contribution >= 4 is 28.0 Å². The molecule has 42 heavy (non-hydrogen) atoms. The van der Waals surface area contributed by atoms with Gasteiger partial charge in [0.1, 0.15) is 17.2 Å². The van der Waals surface area contributed by atoms with Crippen LogP contribution in [0.2, 0.25) is 0 Å². The van der Waals surface area contributed by atoms with E-state index in [0.717, 1.165) is 63.2 Å². The number of nitrogens with zero attached hydrogens (tertiary/aromatic N) is 4. The highest BCUT2D eigenvalue weighted by atomic mass is 16.6. The van der Waals surface area contributed by atoms with Gasteiger partial charge in [-0.25, -0.2) is 14.8 Å². The zero-order valence-electron chi connectivity index (χ0n) is 24.9. The second-order valence-corrected chi connectivity index (χ2v) is 11.8. The molecule has 0 N–H and O–H groups in total. The third-order valence-corrected chi connectivity index (χ3v) is 7.50. The number of carbonyl (C=O) groups is 1. The molecular weight excluding hydrogens is 520 g/mol. The van der Waals surface area contributed by atoms with Crippen LogP contribution in [0.4, 0.5) is 0 Å². The minimum Gasteiger partial charge on any atom is -0.456 e. The Morgan fingerprint density at radius 2 is 1.52 bits per heavy atom. The highest BCUT2D eigenvalue weighted by Crippen LogP contribution is 2.29. The van der Waals surface area contributed by atoms with Gasteiger partial charge in [-0.1, -0.05) is 61.5 Å². The number of aryl methyl sites for hydroxylation is 2. The maximum Gasteiger partial charge on any atom is 0.339 e. The van der Waals surface area contributed by atoms with Crippen LogP contribution in [0.5, 0.6) is 0 Å². The third kappa shape index (κ3) is 5.32. The summed E-state index contributed by atoms with van der Waals surface area (Å²) in [5.74, 6) is 1.70. The molecule has 6 nitrogen and oxygen atoms in total. The van der Waals surface area contributed by atoms with Crippen molar-refractivity contribution in [1.82, 2.24) is 19.1 Å². The van der Waals surface area contributed by atoms with E-state index in [4.69, 9.17) is 14.7 Å². The van der Waals surface area contributed by atoms with Crippen molar-refractivity contribution in [2.75, 3.05) is 0 Å². The molecule has 212 valence electrons. The quantitative estimate of drug-likeness (QED) is 0.186. The summed E-state index contributed by atoms with van der Waals surface area (Å²) in [7, 11) is 2.06. The summed E-state index contributed by atoms with van der Waals surface area (Å²) in [5.41, 5.74) is 8.29. The molecule has 0 atom stereocenters. The maximum atomic E-state index is 12.9. The lowest BCUT2D eigenvalue weighted by Crippen LogP contribution is -2.24. The molecule has 0 radical (unpaired) electrons. The van der Waals surface area contributed by atoms with Gasteiger partial charge in [-0.3, -0.25) is 0 Å². The molecule has 0 amide bonds. The van der Waals surface area contributed by atoms with Crippen LogP contribution in [-0.2, 0) is 24.8 Å². The van der Waals surface area contributed by atoms with Crippen LogP contribution in [0.3, 0.4) is 0 Å². The number of aromatic nitrogens is 4. The molecule has 6 rings (SSSR count). The van der Waals surface area contributed by atoms with E-state index in [2.05, 4.69) is 71.6 Å². The van der Waals surface area contributed by atoms with Crippen LogP contribution in [0.25, 0.3) is 44.6 Å². The summed E-state index contributed by atoms with van der Waals surface area (Å²) in [6, 6.07) is 30.7. The predicted octanol–water partition coefficient (Wildman–Crippen LogP) is 8.21. The molecule has 0 saturated carbocycles. The summed E-state index contributed by atoms with van der Waals surface area (Å²) in [6.07, 6.45) is 1.92. The second kappa shape index (κ2) is 10.9. The topological polar surface area (TPSA) is 61.9 Å². The van der Waals surface area contributed by atoms with E-state index < -0.39 is 5.60 Å². The zero-order valence-corrected chi connectivity index (χ0v) is 24.9. The lowest BCUT2D eigenvalue weighted by Gasteiger charge is -2.20. The van der Waals surface area contributed by atoms with E-state index in [1.54, 1.807) is 0 Å². The monoisotopic (exact) mass is 556 g/mol. The number of ether oxygens (including phenoxy) is 1. The largest absolute Gasteiger partial charge is 0.456 e. The highest BCUT2D eigenvalue weighted by Gasteiger charge is 2.21. The fourth-order valence-corrected chi connectivity index (χ4v) is 5.53. The number of carbonyl (C=O) groups excluding carboxylic acids is 1. The van der Waals surface area contributed by atoms with Gasteiger partial charge in [-0.2, -0.15) is 0 Å². The normalized spacial score (nSPS) is 11.8. The van der Waals surface area contributed by atoms with Crippen LogP contribution in [0, 0.1) is 0 Å². The van der Waals surface area contributed by atoms with Gasteiger partial charge in [0.05, 0.1) is 27.6 Å². The number of esters is 1. The lowest BCUT2D eigenvalue weighted by atomic mass is 9.98. The van der Waals surface area contributed by atoms with Crippen molar-refractivity contribution < 1.29 is 9.53 Å². The molecule has 0 unspecified atom stereocenters. The van der Waals surface area contributed by atoms with E-state index in [0.29, 0.717) is 12.1 Å². The molecule has 2 aromatic heterocycles. The first-order valence-electron chi connectivity index (χ1n) is 14.5. The number of fused-ring (bicyclic) bond motifs is 2. The number of benzene rings is 4. The molecule has 6 aromatic rings. The Bertz CT molecular complexity index is 1910.